The number of hydrogen-bond donors (Lipinski definition) is 0. The Bertz CT molecular complexity index is 836. The lowest BCUT2D eigenvalue weighted by molar-refractivity contribution is -0.136. The van der Waals surface area contributed by atoms with E-state index >= 15 is 0 Å². The molecule has 0 heterocycles. The molecule has 24 heavy (non-hydrogen) atoms. The lowest BCUT2D eigenvalue weighted by Gasteiger charge is -2.03. The van der Waals surface area contributed by atoms with Crippen molar-refractivity contribution in [1.29, 1.82) is 0 Å². The summed E-state index contributed by atoms with van der Waals surface area (Å²) in [4.78, 5) is 26.4. The number of rotatable bonds is 5. The number of benzene rings is 2. The van der Waals surface area contributed by atoms with Gasteiger partial charge in [-0.3, -0.25) is 4.79 Å². The summed E-state index contributed by atoms with van der Waals surface area (Å²) in [5.41, 5.74) is 9.91. The Kier molecular flexibility index (Phi) is 5.73. The molecular formula is C17H12ClN3O3. The monoisotopic (exact) mass is 341 g/mol. The molecule has 2 rings (SSSR count). The first-order valence-electron chi connectivity index (χ1n) is 6.80. The molecule has 0 spiro atoms. The van der Waals surface area contributed by atoms with Gasteiger partial charge in [-0.25, -0.2) is 4.79 Å². The summed E-state index contributed by atoms with van der Waals surface area (Å²) in [6.07, 6.45) is 1.38. The van der Waals surface area contributed by atoms with Gasteiger partial charge in [-0.15, -0.1) is 0 Å². The first-order valence-corrected chi connectivity index (χ1v) is 7.18. The lowest BCUT2D eigenvalue weighted by atomic mass is 10.0. The van der Waals surface area contributed by atoms with E-state index in [1.807, 2.05) is 0 Å². The van der Waals surface area contributed by atoms with Crippen LogP contribution in [0.25, 0.3) is 16.5 Å². The fourth-order valence-electron chi connectivity index (χ4n) is 1.94. The van der Waals surface area contributed by atoms with Crippen molar-refractivity contribution in [2.45, 2.75) is 0 Å². The normalized spacial score (nSPS) is 10.7. The number of azide groups is 1. The van der Waals surface area contributed by atoms with Crippen molar-refractivity contribution < 1.29 is 14.3 Å². The van der Waals surface area contributed by atoms with Gasteiger partial charge in [-0.2, -0.15) is 0 Å². The van der Waals surface area contributed by atoms with E-state index in [9.17, 15) is 9.59 Å². The number of ether oxygens (including phenoxy) is 1. The molecule has 0 aliphatic heterocycles. The molecule has 0 aromatic heterocycles. The fourth-order valence-corrected chi connectivity index (χ4v) is 2.06. The van der Waals surface area contributed by atoms with E-state index in [2.05, 4.69) is 14.8 Å². The third-order valence-electron chi connectivity index (χ3n) is 3.13. The van der Waals surface area contributed by atoms with Gasteiger partial charge in [0.1, 0.15) is 5.70 Å². The molecule has 7 heteroatoms. The van der Waals surface area contributed by atoms with E-state index in [0.29, 0.717) is 21.7 Å². The third kappa shape index (κ3) is 4.23. The van der Waals surface area contributed by atoms with Crippen molar-refractivity contribution in [3.63, 3.8) is 0 Å². The molecule has 0 aliphatic rings. The Morgan fingerprint density at radius 2 is 1.62 bits per heavy atom. The summed E-state index contributed by atoms with van der Waals surface area (Å²) in [5.74, 6) is -0.889. The molecule has 120 valence electrons. The number of nitrogens with zero attached hydrogens (tertiary/aromatic N) is 3. The molecule has 0 atom stereocenters. The van der Waals surface area contributed by atoms with Gasteiger partial charge < -0.3 is 4.74 Å². The van der Waals surface area contributed by atoms with Gasteiger partial charge in [0.2, 0.25) is 0 Å². The van der Waals surface area contributed by atoms with Gasteiger partial charge in [0.15, 0.2) is 5.78 Å². The molecule has 6 nitrogen and oxygen atoms in total. The first kappa shape index (κ1) is 17.3. The molecule has 0 fully saturated rings. The molecule has 0 unspecified atom stereocenters. The molecule has 0 bridgehead atoms. The second kappa shape index (κ2) is 7.97. The zero-order chi connectivity index (χ0) is 17.5. The topological polar surface area (TPSA) is 92.1 Å². The van der Waals surface area contributed by atoms with Crippen LogP contribution in [0.3, 0.4) is 0 Å². The smallest absolute Gasteiger partial charge is 0.340 e. The third-order valence-corrected chi connectivity index (χ3v) is 3.38. The number of carbonyl (C=O) groups excluding carboxylic acids is 2. The predicted molar refractivity (Wildman–Crippen MR) is 90.5 cm³/mol. The minimum Gasteiger partial charge on any atom is -0.466 e. The average molecular weight is 342 g/mol. The number of halogens is 1. The summed E-state index contributed by atoms with van der Waals surface area (Å²) < 4.78 is 4.53. The van der Waals surface area contributed by atoms with Crippen LogP contribution in [0, 0.1) is 0 Å². The molecular weight excluding hydrogens is 330 g/mol. The van der Waals surface area contributed by atoms with Crippen LogP contribution in [0.1, 0.15) is 21.5 Å². The van der Waals surface area contributed by atoms with E-state index in [1.54, 1.807) is 48.5 Å². The number of hydrogen-bond acceptors (Lipinski definition) is 4. The number of esters is 1. The molecule has 0 aliphatic carbocycles. The van der Waals surface area contributed by atoms with Gasteiger partial charge >= 0.3 is 5.97 Å². The van der Waals surface area contributed by atoms with Crippen molar-refractivity contribution in [2.75, 3.05) is 7.11 Å². The van der Waals surface area contributed by atoms with Crippen molar-refractivity contribution in [1.82, 2.24) is 0 Å². The second-order valence-corrected chi connectivity index (χ2v) is 5.11. The summed E-state index contributed by atoms with van der Waals surface area (Å²) in [6.45, 7) is 0. The summed E-state index contributed by atoms with van der Waals surface area (Å²) in [7, 11) is 1.19. The van der Waals surface area contributed by atoms with Crippen LogP contribution in [-0.4, -0.2) is 18.9 Å². The molecule has 0 saturated heterocycles. The van der Waals surface area contributed by atoms with Crippen LogP contribution in [0.15, 0.2) is 59.3 Å². The summed E-state index contributed by atoms with van der Waals surface area (Å²) in [6, 6.07) is 13.1. The lowest BCUT2D eigenvalue weighted by Crippen LogP contribution is -2.02. The van der Waals surface area contributed by atoms with Crippen LogP contribution in [0.2, 0.25) is 5.02 Å². The van der Waals surface area contributed by atoms with Crippen molar-refractivity contribution in [2.24, 2.45) is 5.11 Å². The van der Waals surface area contributed by atoms with Gasteiger partial charge in [-0.1, -0.05) is 41.0 Å². The highest BCUT2D eigenvalue weighted by molar-refractivity contribution is 6.30. The second-order valence-electron chi connectivity index (χ2n) is 4.67. The first-order chi connectivity index (χ1) is 11.5. The SMILES string of the molecule is COC(=O)/C(=C/c1ccc(C(=O)c2ccc(Cl)cc2)cc1)N=[N+]=[N-]. The van der Waals surface area contributed by atoms with E-state index in [-0.39, 0.29) is 11.5 Å². The molecule has 0 saturated carbocycles. The molecule has 0 N–H and O–H groups in total. The Balaban J connectivity index is 2.26. The highest BCUT2D eigenvalue weighted by Crippen LogP contribution is 2.16. The van der Waals surface area contributed by atoms with Crippen LogP contribution in [0.5, 0.6) is 0 Å². The number of carbonyl (C=O) groups is 2. The maximum Gasteiger partial charge on any atom is 0.340 e. The largest absolute Gasteiger partial charge is 0.466 e. The molecule has 0 radical (unpaired) electrons. The quantitative estimate of drug-likeness (QED) is 0.201. The number of methoxy groups -OCH3 is 1. The van der Waals surface area contributed by atoms with Crippen molar-refractivity contribution in [3.8, 4) is 0 Å². The minimum absolute atomic E-state index is 0.148. The molecule has 2 aromatic rings. The number of ketones is 1. The zero-order valence-corrected chi connectivity index (χ0v) is 13.4. The molecule has 0 amide bonds. The van der Waals surface area contributed by atoms with Crippen LogP contribution < -0.4 is 0 Å². The van der Waals surface area contributed by atoms with E-state index in [4.69, 9.17) is 17.1 Å². The van der Waals surface area contributed by atoms with E-state index in [1.165, 1.54) is 13.2 Å². The summed E-state index contributed by atoms with van der Waals surface area (Å²) in [5, 5.41) is 3.85. The minimum atomic E-state index is -0.742. The predicted octanol–water partition coefficient (Wildman–Crippen LogP) is 4.40. The van der Waals surface area contributed by atoms with E-state index in [0.717, 1.165) is 0 Å². The maximum atomic E-state index is 12.3. The summed E-state index contributed by atoms with van der Waals surface area (Å²) >= 11 is 5.80. The Morgan fingerprint density at radius 3 is 2.12 bits per heavy atom. The zero-order valence-electron chi connectivity index (χ0n) is 12.6. The Morgan fingerprint density at radius 1 is 1.08 bits per heavy atom. The highest BCUT2D eigenvalue weighted by atomic mass is 35.5. The van der Waals surface area contributed by atoms with Crippen molar-refractivity contribution >= 4 is 29.4 Å². The van der Waals surface area contributed by atoms with Crippen molar-refractivity contribution in [3.05, 3.63) is 86.4 Å². The van der Waals surface area contributed by atoms with E-state index < -0.39 is 5.97 Å². The standard InChI is InChI=1S/C17H12ClN3O3/c1-24-17(23)15(20-21-19)10-11-2-4-12(5-3-11)16(22)13-6-8-14(18)9-7-13/h2-10H,1H3/b15-10-. The van der Waals surface area contributed by atoms with Crippen LogP contribution >= 0.6 is 11.6 Å². The van der Waals surface area contributed by atoms with Crippen LogP contribution in [0.4, 0.5) is 0 Å². The molecule has 2 aromatic carbocycles. The Hall–Kier alpha value is -3.08. The van der Waals surface area contributed by atoms with Gasteiger partial charge in [0.05, 0.1) is 7.11 Å². The maximum absolute atomic E-state index is 12.3. The van der Waals surface area contributed by atoms with Gasteiger partial charge in [0.25, 0.3) is 0 Å². The fraction of sp³-hybridized carbons (Fsp3) is 0.0588. The van der Waals surface area contributed by atoms with Crippen LogP contribution in [-0.2, 0) is 9.53 Å². The highest BCUT2D eigenvalue weighted by Gasteiger charge is 2.10. The van der Waals surface area contributed by atoms with Gasteiger partial charge in [0, 0.05) is 21.1 Å². The Labute approximate surface area is 142 Å². The van der Waals surface area contributed by atoms with Gasteiger partial charge in [-0.05, 0) is 41.4 Å². The average Bonchev–Trinajstić information content (AvgIpc) is 2.61.